The van der Waals surface area contributed by atoms with E-state index < -0.39 is 6.10 Å². The third kappa shape index (κ3) is 2.69. The van der Waals surface area contributed by atoms with Gasteiger partial charge >= 0.3 is 0 Å². The number of piperidine rings is 1. The number of aliphatic hydroxyl groups excluding tert-OH is 1. The van der Waals surface area contributed by atoms with Gasteiger partial charge in [-0.25, -0.2) is 4.98 Å². The fraction of sp³-hybridized carbons (Fsp3) is 0.706. The molecule has 1 aromatic heterocycles. The van der Waals surface area contributed by atoms with E-state index >= 15 is 0 Å². The summed E-state index contributed by atoms with van der Waals surface area (Å²) in [4.78, 5) is 6.90. The standard InChI is InChI=1S/C17H26N2O/c1-14(20)15-6-5-11-18-16(15)19-12-9-17(10-13-19)7-3-2-4-8-17/h5-6,11,14,20H,2-4,7-10,12-13H2,1H3/t14-/m0/s1. The molecule has 1 aliphatic carbocycles. The smallest absolute Gasteiger partial charge is 0.134 e. The van der Waals surface area contributed by atoms with Crippen molar-refractivity contribution < 1.29 is 5.11 Å². The average Bonchev–Trinajstić information content (AvgIpc) is 2.49. The number of rotatable bonds is 2. The lowest BCUT2D eigenvalue weighted by molar-refractivity contribution is 0.143. The summed E-state index contributed by atoms with van der Waals surface area (Å²) in [7, 11) is 0. The molecule has 3 heteroatoms. The molecule has 1 saturated heterocycles. The lowest BCUT2D eigenvalue weighted by Gasteiger charge is -2.45. The monoisotopic (exact) mass is 274 g/mol. The van der Waals surface area contributed by atoms with Crippen LogP contribution in [0, 0.1) is 5.41 Å². The second-order valence-electron chi connectivity index (χ2n) is 6.64. The molecule has 1 atom stereocenters. The second kappa shape index (κ2) is 5.72. The van der Waals surface area contributed by atoms with Crippen molar-refractivity contribution in [3.8, 4) is 0 Å². The number of hydrogen-bond donors (Lipinski definition) is 1. The van der Waals surface area contributed by atoms with Crippen molar-refractivity contribution in [2.45, 2.75) is 58.0 Å². The number of anilines is 1. The molecular weight excluding hydrogens is 248 g/mol. The molecule has 0 aromatic carbocycles. The van der Waals surface area contributed by atoms with E-state index in [1.54, 1.807) is 0 Å². The van der Waals surface area contributed by atoms with Crippen molar-refractivity contribution in [2.75, 3.05) is 18.0 Å². The van der Waals surface area contributed by atoms with Gasteiger partial charge in [-0.3, -0.25) is 0 Å². The maximum absolute atomic E-state index is 9.91. The van der Waals surface area contributed by atoms with Crippen LogP contribution in [-0.2, 0) is 0 Å². The summed E-state index contributed by atoms with van der Waals surface area (Å²) in [6.07, 6.45) is 11.1. The van der Waals surface area contributed by atoms with Gasteiger partial charge in [0.2, 0.25) is 0 Å². The van der Waals surface area contributed by atoms with E-state index in [0.717, 1.165) is 24.5 Å². The summed E-state index contributed by atoms with van der Waals surface area (Å²) in [6, 6.07) is 3.91. The zero-order chi connectivity index (χ0) is 14.0. The molecule has 20 heavy (non-hydrogen) atoms. The Labute approximate surface area is 122 Å². The van der Waals surface area contributed by atoms with Crippen molar-refractivity contribution in [3.63, 3.8) is 0 Å². The first kappa shape index (κ1) is 13.9. The zero-order valence-electron chi connectivity index (χ0n) is 12.5. The van der Waals surface area contributed by atoms with Crippen LogP contribution < -0.4 is 4.90 Å². The van der Waals surface area contributed by atoms with E-state index in [9.17, 15) is 5.11 Å². The van der Waals surface area contributed by atoms with Crippen molar-refractivity contribution in [3.05, 3.63) is 23.9 Å². The first-order chi connectivity index (χ1) is 9.70. The topological polar surface area (TPSA) is 36.4 Å². The van der Waals surface area contributed by atoms with E-state index in [1.807, 2.05) is 25.3 Å². The lowest BCUT2D eigenvalue weighted by Crippen LogP contribution is -2.41. The summed E-state index contributed by atoms with van der Waals surface area (Å²) < 4.78 is 0. The highest BCUT2D eigenvalue weighted by molar-refractivity contribution is 5.48. The van der Waals surface area contributed by atoms with Crippen LogP contribution in [0.2, 0.25) is 0 Å². The van der Waals surface area contributed by atoms with E-state index in [0.29, 0.717) is 5.41 Å². The van der Waals surface area contributed by atoms with Crippen LogP contribution >= 0.6 is 0 Å². The number of nitrogens with zero attached hydrogens (tertiary/aromatic N) is 2. The lowest BCUT2D eigenvalue weighted by atomic mass is 9.68. The van der Waals surface area contributed by atoms with Gasteiger partial charge in [-0.1, -0.05) is 25.3 Å². The highest BCUT2D eigenvalue weighted by Crippen LogP contribution is 2.45. The molecule has 1 aliphatic heterocycles. The fourth-order valence-electron chi connectivity index (χ4n) is 3.99. The van der Waals surface area contributed by atoms with Gasteiger partial charge in [-0.2, -0.15) is 0 Å². The minimum absolute atomic E-state index is 0.440. The number of aliphatic hydroxyl groups is 1. The van der Waals surface area contributed by atoms with Crippen molar-refractivity contribution in [1.29, 1.82) is 0 Å². The van der Waals surface area contributed by atoms with E-state index in [1.165, 1.54) is 44.9 Å². The normalized spacial score (nSPS) is 23.8. The number of aromatic nitrogens is 1. The number of hydrogen-bond acceptors (Lipinski definition) is 3. The van der Waals surface area contributed by atoms with Gasteiger partial charge in [0.05, 0.1) is 6.10 Å². The second-order valence-corrected chi connectivity index (χ2v) is 6.64. The zero-order valence-corrected chi connectivity index (χ0v) is 12.5. The molecule has 0 radical (unpaired) electrons. The predicted octanol–water partition coefficient (Wildman–Crippen LogP) is 3.69. The Balaban J connectivity index is 1.72. The molecule has 3 rings (SSSR count). The van der Waals surface area contributed by atoms with Gasteiger partial charge in [0.25, 0.3) is 0 Å². The largest absolute Gasteiger partial charge is 0.389 e. The average molecular weight is 274 g/mol. The van der Waals surface area contributed by atoms with Crippen LogP contribution in [0.1, 0.15) is 63.5 Å². The van der Waals surface area contributed by atoms with Crippen LogP contribution in [0.3, 0.4) is 0 Å². The maximum atomic E-state index is 9.91. The van der Waals surface area contributed by atoms with Crippen LogP contribution in [0.4, 0.5) is 5.82 Å². The van der Waals surface area contributed by atoms with Crippen LogP contribution in [-0.4, -0.2) is 23.2 Å². The molecule has 1 aromatic rings. The van der Waals surface area contributed by atoms with Gasteiger partial charge in [-0.05, 0) is 44.1 Å². The molecule has 2 heterocycles. The quantitative estimate of drug-likeness (QED) is 0.893. The van der Waals surface area contributed by atoms with Crippen LogP contribution in [0.5, 0.6) is 0 Å². The van der Waals surface area contributed by atoms with Gasteiger partial charge in [-0.15, -0.1) is 0 Å². The Bertz CT molecular complexity index is 442. The van der Waals surface area contributed by atoms with Crippen LogP contribution in [0.15, 0.2) is 18.3 Å². The SMILES string of the molecule is C[C@H](O)c1cccnc1N1CCC2(CCCCC2)CC1. The third-order valence-electron chi connectivity index (χ3n) is 5.30. The van der Waals surface area contributed by atoms with Crippen molar-refractivity contribution in [1.82, 2.24) is 4.98 Å². The molecule has 0 bridgehead atoms. The fourth-order valence-corrected chi connectivity index (χ4v) is 3.99. The summed E-state index contributed by atoms with van der Waals surface area (Å²) in [6.45, 7) is 4.01. The number of pyridine rings is 1. The first-order valence-electron chi connectivity index (χ1n) is 8.08. The molecule has 110 valence electrons. The molecule has 2 fully saturated rings. The van der Waals surface area contributed by atoms with E-state index in [-0.39, 0.29) is 0 Å². The van der Waals surface area contributed by atoms with E-state index in [4.69, 9.17) is 0 Å². The maximum Gasteiger partial charge on any atom is 0.134 e. The molecule has 1 saturated carbocycles. The molecule has 1 N–H and O–H groups in total. The predicted molar refractivity (Wildman–Crippen MR) is 81.8 cm³/mol. The molecule has 0 amide bonds. The van der Waals surface area contributed by atoms with Gasteiger partial charge < -0.3 is 10.0 Å². The van der Waals surface area contributed by atoms with Gasteiger partial charge in [0.1, 0.15) is 5.82 Å². The molecule has 2 aliphatic rings. The highest BCUT2D eigenvalue weighted by Gasteiger charge is 2.36. The molecule has 0 unspecified atom stereocenters. The minimum atomic E-state index is -0.440. The summed E-state index contributed by atoms with van der Waals surface area (Å²) in [5.74, 6) is 0.994. The molecule has 3 nitrogen and oxygen atoms in total. The summed E-state index contributed by atoms with van der Waals surface area (Å²) >= 11 is 0. The molecular formula is C17H26N2O. The van der Waals surface area contributed by atoms with Crippen molar-refractivity contribution in [2.24, 2.45) is 5.41 Å². The third-order valence-corrected chi connectivity index (χ3v) is 5.30. The van der Waals surface area contributed by atoms with E-state index in [2.05, 4.69) is 9.88 Å². The molecule has 1 spiro atoms. The Morgan fingerprint density at radius 1 is 1.15 bits per heavy atom. The Kier molecular flexibility index (Phi) is 3.97. The van der Waals surface area contributed by atoms with Gasteiger partial charge in [0.15, 0.2) is 0 Å². The van der Waals surface area contributed by atoms with Crippen LogP contribution in [0.25, 0.3) is 0 Å². The summed E-state index contributed by atoms with van der Waals surface area (Å²) in [5.41, 5.74) is 1.58. The summed E-state index contributed by atoms with van der Waals surface area (Å²) in [5, 5.41) is 9.91. The first-order valence-corrected chi connectivity index (χ1v) is 8.08. The van der Waals surface area contributed by atoms with Gasteiger partial charge in [0, 0.05) is 24.8 Å². The Hall–Kier alpha value is -1.09. The Morgan fingerprint density at radius 3 is 2.50 bits per heavy atom. The highest BCUT2D eigenvalue weighted by atomic mass is 16.3. The van der Waals surface area contributed by atoms with Crippen molar-refractivity contribution >= 4 is 5.82 Å². The Morgan fingerprint density at radius 2 is 1.85 bits per heavy atom. The minimum Gasteiger partial charge on any atom is -0.389 e.